The van der Waals surface area contributed by atoms with E-state index in [1.807, 2.05) is 18.2 Å². The number of alkyl halides is 3. The van der Waals surface area contributed by atoms with Gasteiger partial charge < -0.3 is 5.73 Å². The highest BCUT2D eigenvalue weighted by Crippen LogP contribution is 2.28. The molecule has 3 N–H and O–H groups in total. The van der Waals surface area contributed by atoms with Gasteiger partial charge in [0.05, 0.1) is 24.4 Å². The molecule has 3 aromatic rings. The molecule has 9 heteroatoms. The molecule has 1 aromatic carbocycles. The summed E-state index contributed by atoms with van der Waals surface area (Å²) in [6, 6.07) is 10.7. The number of carbonyl (C=O) groups excluding carboxylic acids is 1. The minimum atomic E-state index is -4.50. The van der Waals surface area contributed by atoms with Crippen molar-refractivity contribution < 1.29 is 18.0 Å². The minimum absolute atomic E-state index is 0.00147. The summed E-state index contributed by atoms with van der Waals surface area (Å²) in [4.78, 5) is 16.7. The lowest BCUT2D eigenvalue weighted by Gasteiger charge is -2.07. The van der Waals surface area contributed by atoms with Crippen molar-refractivity contribution >= 4 is 11.7 Å². The largest absolute Gasteiger partial charge is 0.419 e. The Bertz CT molecular complexity index is 901. The van der Waals surface area contributed by atoms with Crippen LogP contribution in [0.5, 0.6) is 0 Å². The average Bonchev–Trinajstić information content (AvgIpc) is 3.05. The lowest BCUT2D eigenvalue weighted by atomic mass is 10.0. The van der Waals surface area contributed by atoms with E-state index in [-0.39, 0.29) is 6.42 Å². The number of benzene rings is 1. The number of amides is 1. The van der Waals surface area contributed by atoms with E-state index >= 15 is 0 Å². The highest BCUT2D eigenvalue weighted by molar-refractivity contribution is 5.85. The summed E-state index contributed by atoms with van der Waals surface area (Å²) >= 11 is 0. The smallest absolute Gasteiger partial charge is 0.384 e. The number of rotatable bonds is 4. The van der Waals surface area contributed by atoms with Gasteiger partial charge in [-0.05, 0) is 23.3 Å². The highest BCUT2D eigenvalue weighted by atomic mass is 19.4. The molecular formula is C17H14F3N5O. The molecule has 6 nitrogen and oxygen atoms in total. The van der Waals surface area contributed by atoms with E-state index in [9.17, 15) is 18.0 Å². The summed E-state index contributed by atoms with van der Waals surface area (Å²) in [5, 5.41) is 3.47. The van der Waals surface area contributed by atoms with Crippen molar-refractivity contribution in [2.24, 2.45) is 0 Å². The zero-order valence-corrected chi connectivity index (χ0v) is 13.4. The maximum Gasteiger partial charge on any atom is 0.419 e. The number of nitrogens with one attached hydrogen (secondary N) is 1. The monoisotopic (exact) mass is 361 g/mol. The number of anilines is 1. The van der Waals surface area contributed by atoms with Crippen LogP contribution in [-0.2, 0) is 17.4 Å². The van der Waals surface area contributed by atoms with E-state index in [2.05, 4.69) is 15.5 Å². The average molecular weight is 361 g/mol. The SMILES string of the molecule is Nc1ccc(-c2ccc(CC(=O)Nn3cc(C(F)(F)F)cn3)cc2)cn1. The molecule has 2 heterocycles. The van der Waals surface area contributed by atoms with Gasteiger partial charge in [-0.25, -0.2) is 10.4 Å². The summed E-state index contributed by atoms with van der Waals surface area (Å²) in [5.74, 6) is -0.0573. The summed E-state index contributed by atoms with van der Waals surface area (Å²) in [6.45, 7) is 0. The van der Waals surface area contributed by atoms with Crippen LogP contribution in [-0.4, -0.2) is 20.8 Å². The van der Waals surface area contributed by atoms with Gasteiger partial charge in [0.25, 0.3) is 0 Å². The van der Waals surface area contributed by atoms with Crippen molar-refractivity contribution in [3.05, 3.63) is 66.1 Å². The van der Waals surface area contributed by atoms with Crippen LogP contribution < -0.4 is 11.2 Å². The second kappa shape index (κ2) is 6.87. The summed E-state index contributed by atoms with van der Waals surface area (Å²) in [7, 11) is 0. The fraction of sp³-hybridized carbons (Fsp3) is 0.118. The molecule has 0 bridgehead atoms. The van der Waals surface area contributed by atoms with Gasteiger partial charge in [-0.15, -0.1) is 0 Å². The molecule has 1 amide bonds. The summed E-state index contributed by atoms with van der Waals surface area (Å²) in [5.41, 5.74) is 9.39. The standard InChI is InChI=1S/C17H14F3N5O/c18-17(19,20)14-9-23-25(10-14)24-16(26)7-11-1-3-12(4-2-11)13-5-6-15(21)22-8-13/h1-6,8-10H,7H2,(H2,21,22)(H,24,26). The Morgan fingerprint density at radius 1 is 1.08 bits per heavy atom. The molecule has 26 heavy (non-hydrogen) atoms. The minimum Gasteiger partial charge on any atom is -0.384 e. The first kappa shape index (κ1) is 17.5. The second-order valence-corrected chi connectivity index (χ2v) is 5.55. The molecule has 0 saturated heterocycles. The lowest BCUT2D eigenvalue weighted by Crippen LogP contribution is -2.24. The van der Waals surface area contributed by atoms with Gasteiger partial charge in [-0.2, -0.15) is 23.1 Å². The molecule has 0 spiro atoms. The third kappa shape index (κ3) is 4.18. The Morgan fingerprint density at radius 2 is 1.77 bits per heavy atom. The fourth-order valence-electron chi connectivity index (χ4n) is 2.27. The van der Waals surface area contributed by atoms with Crippen molar-refractivity contribution in [2.45, 2.75) is 12.6 Å². The van der Waals surface area contributed by atoms with Crippen LogP contribution in [0.1, 0.15) is 11.1 Å². The van der Waals surface area contributed by atoms with E-state index in [0.29, 0.717) is 17.6 Å². The first-order valence-electron chi connectivity index (χ1n) is 7.54. The number of nitrogens with two attached hydrogens (primary N) is 1. The van der Waals surface area contributed by atoms with E-state index in [1.54, 1.807) is 24.4 Å². The van der Waals surface area contributed by atoms with Crippen molar-refractivity contribution in [3.8, 4) is 11.1 Å². The number of hydrogen-bond acceptors (Lipinski definition) is 4. The Kier molecular flexibility index (Phi) is 4.61. The van der Waals surface area contributed by atoms with Gasteiger partial charge in [0.2, 0.25) is 5.91 Å². The third-order valence-corrected chi connectivity index (χ3v) is 3.59. The molecular weight excluding hydrogens is 347 g/mol. The van der Waals surface area contributed by atoms with Crippen molar-refractivity contribution in [3.63, 3.8) is 0 Å². The fourth-order valence-corrected chi connectivity index (χ4v) is 2.27. The molecule has 0 fully saturated rings. The van der Waals surface area contributed by atoms with Crippen LogP contribution in [0.15, 0.2) is 55.0 Å². The molecule has 0 radical (unpaired) electrons. The quantitative estimate of drug-likeness (QED) is 0.748. The zero-order chi connectivity index (χ0) is 18.7. The van der Waals surface area contributed by atoms with Crippen LogP contribution in [0.4, 0.5) is 19.0 Å². The summed E-state index contributed by atoms with van der Waals surface area (Å²) < 4.78 is 37.5. The van der Waals surface area contributed by atoms with Crippen LogP contribution >= 0.6 is 0 Å². The summed E-state index contributed by atoms with van der Waals surface area (Å²) in [6.07, 6.45) is -1.49. The third-order valence-electron chi connectivity index (χ3n) is 3.59. The van der Waals surface area contributed by atoms with E-state index in [1.165, 1.54) is 0 Å². The molecule has 2 aromatic heterocycles. The van der Waals surface area contributed by atoms with Crippen LogP contribution in [0.3, 0.4) is 0 Å². The highest BCUT2D eigenvalue weighted by Gasteiger charge is 2.32. The molecule has 3 rings (SSSR count). The number of nitrogen functional groups attached to an aromatic ring is 1. The second-order valence-electron chi connectivity index (χ2n) is 5.55. The van der Waals surface area contributed by atoms with Crippen LogP contribution in [0.2, 0.25) is 0 Å². The Morgan fingerprint density at radius 3 is 2.35 bits per heavy atom. The van der Waals surface area contributed by atoms with Crippen molar-refractivity contribution in [1.82, 2.24) is 14.9 Å². The number of nitrogens with zero attached hydrogens (tertiary/aromatic N) is 3. The van der Waals surface area contributed by atoms with Gasteiger partial charge in [0.15, 0.2) is 0 Å². The number of halogens is 3. The van der Waals surface area contributed by atoms with Gasteiger partial charge in [0, 0.05) is 11.8 Å². The molecule has 0 aliphatic carbocycles. The van der Waals surface area contributed by atoms with Gasteiger partial charge in [-0.1, -0.05) is 24.3 Å². The molecule has 0 saturated carbocycles. The maximum absolute atomic E-state index is 12.5. The molecule has 0 unspecified atom stereocenters. The van der Waals surface area contributed by atoms with Crippen LogP contribution in [0, 0.1) is 0 Å². The van der Waals surface area contributed by atoms with Crippen molar-refractivity contribution in [1.29, 1.82) is 0 Å². The molecule has 0 aliphatic heterocycles. The Balaban J connectivity index is 1.62. The Hall–Kier alpha value is -3.36. The Labute approximate surface area is 146 Å². The molecule has 134 valence electrons. The van der Waals surface area contributed by atoms with E-state index in [0.717, 1.165) is 22.1 Å². The maximum atomic E-state index is 12.5. The van der Waals surface area contributed by atoms with Gasteiger partial charge in [0.1, 0.15) is 5.82 Å². The van der Waals surface area contributed by atoms with Gasteiger partial charge in [-0.3, -0.25) is 4.79 Å². The number of carbonyl (C=O) groups is 1. The zero-order valence-electron chi connectivity index (χ0n) is 13.4. The van der Waals surface area contributed by atoms with E-state index < -0.39 is 17.6 Å². The number of hydrogen-bond donors (Lipinski definition) is 2. The van der Waals surface area contributed by atoms with Crippen molar-refractivity contribution in [2.75, 3.05) is 11.2 Å². The number of pyridine rings is 1. The number of aromatic nitrogens is 3. The first-order valence-corrected chi connectivity index (χ1v) is 7.54. The van der Waals surface area contributed by atoms with E-state index in [4.69, 9.17) is 5.73 Å². The van der Waals surface area contributed by atoms with Gasteiger partial charge >= 0.3 is 6.18 Å². The topological polar surface area (TPSA) is 85.8 Å². The first-order chi connectivity index (χ1) is 12.3. The van der Waals surface area contributed by atoms with Crippen LogP contribution in [0.25, 0.3) is 11.1 Å². The lowest BCUT2D eigenvalue weighted by molar-refractivity contribution is -0.137. The molecule has 0 atom stereocenters. The molecule has 0 aliphatic rings. The predicted molar refractivity (Wildman–Crippen MR) is 89.4 cm³/mol. The predicted octanol–water partition coefficient (Wildman–Crippen LogP) is 2.86. The normalized spacial score (nSPS) is 11.3.